The van der Waals surface area contributed by atoms with E-state index in [1.54, 1.807) is 6.92 Å². The second-order valence-corrected chi connectivity index (χ2v) is 6.16. The molecule has 3 atom stereocenters. The van der Waals surface area contributed by atoms with E-state index < -0.39 is 5.92 Å². The SMILES string of the molecule is CC(C(=O)Nc1ccccc1N1C[C@@H](C)O[C@@H](C)C1)c1nn[nH]n1. The Hall–Kier alpha value is -2.48. The molecular weight excluding hydrogens is 308 g/mol. The number of hydrogen-bond acceptors (Lipinski definition) is 6. The van der Waals surface area contributed by atoms with Crippen molar-refractivity contribution < 1.29 is 9.53 Å². The Morgan fingerprint density at radius 2 is 2.04 bits per heavy atom. The maximum atomic E-state index is 12.5. The summed E-state index contributed by atoms with van der Waals surface area (Å²) in [6.07, 6.45) is 0.298. The van der Waals surface area contributed by atoms with Crippen molar-refractivity contribution >= 4 is 17.3 Å². The van der Waals surface area contributed by atoms with E-state index in [0.29, 0.717) is 5.82 Å². The molecule has 1 aromatic heterocycles. The van der Waals surface area contributed by atoms with Crippen molar-refractivity contribution in [2.45, 2.75) is 38.9 Å². The van der Waals surface area contributed by atoms with Gasteiger partial charge in [0.2, 0.25) is 5.91 Å². The van der Waals surface area contributed by atoms with Crippen molar-refractivity contribution in [1.82, 2.24) is 20.6 Å². The van der Waals surface area contributed by atoms with E-state index in [9.17, 15) is 4.79 Å². The largest absolute Gasteiger partial charge is 0.372 e. The summed E-state index contributed by atoms with van der Waals surface area (Å²) in [7, 11) is 0. The van der Waals surface area contributed by atoms with Crippen LogP contribution < -0.4 is 10.2 Å². The van der Waals surface area contributed by atoms with Crippen molar-refractivity contribution in [2.75, 3.05) is 23.3 Å². The van der Waals surface area contributed by atoms with Crippen LogP contribution in [0, 0.1) is 0 Å². The number of para-hydroxylation sites is 2. The number of nitrogens with zero attached hydrogens (tertiary/aromatic N) is 4. The molecule has 2 heterocycles. The highest BCUT2D eigenvalue weighted by Gasteiger charge is 2.25. The van der Waals surface area contributed by atoms with Crippen molar-refractivity contribution in [3.05, 3.63) is 30.1 Å². The minimum absolute atomic E-state index is 0.149. The van der Waals surface area contributed by atoms with Gasteiger partial charge in [0.25, 0.3) is 0 Å². The number of morpholine rings is 1. The molecule has 128 valence electrons. The van der Waals surface area contributed by atoms with E-state index in [1.165, 1.54) is 0 Å². The van der Waals surface area contributed by atoms with Gasteiger partial charge in [0.05, 0.1) is 29.5 Å². The number of benzene rings is 1. The highest BCUT2D eigenvalue weighted by molar-refractivity contribution is 5.97. The van der Waals surface area contributed by atoms with Gasteiger partial charge < -0.3 is 15.0 Å². The van der Waals surface area contributed by atoms with Gasteiger partial charge >= 0.3 is 0 Å². The number of carbonyl (C=O) groups excluding carboxylic acids is 1. The van der Waals surface area contributed by atoms with E-state index in [1.807, 2.05) is 24.3 Å². The number of anilines is 2. The van der Waals surface area contributed by atoms with Crippen LogP contribution in [0.15, 0.2) is 24.3 Å². The van der Waals surface area contributed by atoms with Crippen LogP contribution in [0.2, 0.25) is 0 Å². The van der Waals surface area contributed by atoms with Crippen LogP contribution in [0.5, 0.6) is 0 Å². The molecular formula is C16H22N6O2. The Labute approximate surface area is 140 Å². The topological polar surface area (TPSA) is 96.0 Å². The summed E-state index contributed by atoms with van der Waals surface area (Å²) in [6.45, 7) is 7.45. The fraction of sp³-hybridized carbons (Fsp3) is 0.500. The fourth-order valence-corrected chi connectivity index (χ4v) is 2.94. The van der Waals surface area contributed by atoms with Gasteiger partial charge in [-0.2, -0.15) is 5.21 Å². The molecule has 1 saturated heterocycles. The first-order chi connectivity index (χ1) is 11.5. The molecule has 8 nitrogen and oxygen atoms in total. The van der Waals surface area contributed by atoms with Crippen LogP contribution in [0.3, 0.4) is 0 Å². The Kier molecular flexibility index (Phi) is 4.75. The first-order valence-electron chi connectivity index (χ1n) is 8.08. The Bertz CT molecular complexity index is 680. The summed E-state index contributed by atoms with van der Waals surface area (Å²) in [5, 5.41) is 16.6. The number of aromatic nitrogens is 4. The van der Waals surface area contributed by atoms with Gasteiger partial charge in [-0.15, -0.1) is 10.2 Å². The van der Waals surface area contributed by atoms with Gasteiger partial charge in [-0.05, 0) is 32.9 Å². The maximum absolute atomic E-state index is 12.5. The summed E-state index contributed by atoms with van der Waals surface area (Å²) >= 11 is 0. The van der Waals surface area contributed by atoms with Crippen molar-refractivity contribution in [1.29, 1.82) is 0 Å². The van der Waals surface area contributed by atoms with Gasteiger partial charge in [0, 0.05) is 13.1 Å². The zero-order valence-electron chi connectivity index (χ0n) is 14.1. The molecule has 2 N–H and O–H groups in total. The van der Waals surface area contributed by atoms with Gasteiger partial charge in [-0.1, -0.05) is 17.3 Å². The molecule has 1 amide bonds. The standard InChI is InChI=1S/C16H22N6O2/c1-10-8-22(9-11(2)24-10)14-7-5-4-6-13(14)17-16(23)12(3)15-18-20-21-19-15/h4-7,10-12H,8-9H2,1-3H3,(H,17,23)(H,18,19,20,21)/t10-,11+,12?. The molecule has 8 heteroatoms. The number of aromatic amines is 1. The van der Waals surface area contributed by atoms with Gasteiger partial charge in [-0.3, -0.25) is 4.79 Å². The van der Waals surface area contributed by atoms with E-state index >= 15 is 0 Å². The number of hydrogen-bond donors (Lipinski definition) is 2. The number of H-pyrrole nitrogens is 1. The van der Waals surface area contributed by atoms with Gasteiger partial charge in [-0.25, -0.2) is 0 Å². The molecule has 3 rings (SSSR count). The van der Waals surface area contributed by atoms with Crippen LogP contribution in [-0.2, 0) is 9.53 Å². The normalized spacial score (nSPS) is 22.2. The van der Waals surface area contributed by atoms with E-state index in [4.69, 9.17) is 4.74 Å². The minimum Gasteiger partial charge on any atom is -0.372 e. The van der Waals surface area contributed by atoms with Crippen molar-refractivity contribution in [3.63, 3.8) is 0 Å². The third-order valence-corrected chi connectivity index (χ3v) is 4.06. The van der Waals surface area contributed by atoms with Crippen LogP contribution in [0.25, 0.3) is 0 Å². The third kappa shape index (κ3) is 3.53. The van der Waals surface area contributed by atoms with Crippen molar-refractivity contribution in [2.24, 2.45) is 0 Å². The molecule has 0 spiro atoms. The van der Waals surface area contributed by atoms with E-state index in [-0.39, 0.29) is 18.1 Å². The molecule has 0 saturated carbocycles. The molecule has 1 aromatic carbocycles. The van der Waals surface area contributed by atoms with Crippen LogP contribution in [-0.4, -0.2) is 51.8 Å². The highest BCUT2D eigenvalue weighted by atomic mass is 16.5. The van der Waals surface area contributed by atoms with Crippen molar-refractivity contribution in [3.8, 4) is 0 Å². The molecule has 0 bridgehead atoms. The first-order valence-corrected chi connectivity index (χ1v) is 8.08. The molecule has 24 heavy (non-hydrogen) atoms. The van der Waals surface area contributed by atoms with Crippen LogP contribution >= 0.6 is 0 Å². The lowest BCUT2D eigenvalue weighted by atomic mass is 10.1. The average Bonchev–Trinajstić information content (AvgIpc) is 3.08. The molecule has 2 aromatic rings. The lowest BCUT2D eigenvalue weighted by Gasteiger charge is -2.37. The molecule has 1 fully saturated rings. The molecule has 0 aliphatic carbocycles. The van der Waals surface area contributed by atoms with Crippen LogP contribution in [0.1, 0.15) is 32.5 Å². The number of nitrogens with one attached hydrogen (secondary N) is 2. The fourth-order valence-electron chi connectivity index (χ4n) is 2.94. The van der Waals surface area contributed by atoms with Gasteiger partial charge in [0.15, 0.2) is 5.82 Å². The summed E-state index contributed by atoms with van der Waals surface area (Å²) in [4.78, 5) is 14.7. The van der Waals surface area contributed by atoms with Crippen LogP contribution in [0.4, 0.5) is 11.4 Å². The Morgan fingerprint density at radius 1 is 1.33 bits per heavy atom. The zero-order chi connectivity index (χ0) is 17.1. The second-order valence-electron chi connectivity index (χ2n) is 6.16. The van der Waals surface area contributed by atoms with E-state index in [0.717, 1.165) is 24.5 Å². The number of carbonyl (C=O) groups is 1. The highest BCUT2D eigenvalue weighted by Crippen LogP contribution is 2.29. The molecule has 0 radical (unpaired) electrons. The third-order valence-electron chi connectivity index (χ3n) is 4.06. The Balaban J connectivity index is 1.78. The summed E-state index contributed by atoms with van der Waals surface area (Å²) in [6, 6.07) is 7.80. The summed E-state index contributed by atoms with van der Waals surface area (Å²) in [5.41, 5.74) is 1.77. The number of rotatable bonds is 4. The number of amides is 1. The monoisotopic (exact) mass is 330 g/mol. The number of tetrazole rings is 1. The Morgan fingerprint density at radius 3 is 2.71 bits per heavy atom. The second kappa shape index (κ2) is 6.96. The predicted octanol–water partition coefficient (Wildman–Crippen LogP) is 1.56. The molecule has 1 aliphatic rings. The smallest absolute Gasteiger partial charge is 0.235 e. The quantitative estimate of drug-likeness (QED) is 0.883. The lowest BCUT2D eigenvalue weighted by molar-refractivity contribution is -0.117. The minimum atomic E-state index is -0.487. The predicted molar refractivity (Wildman–Crippen MR) is 89.9 cm³/mol. The lowest BCUT2D eigenvalue weighted by Crippen LogP contribution is -2.45. The first kappa shape index (κ1) is 16.4. The number of ether oxygens (including phenoxy) is 1. The zero-order valence-corrected chi connectivity index (χ0v) is 14.1. The maximum Gasteiger partial charge on any atom is 0.235 e. The summed E-state index contributed by atoms with van der Waals surface area (Å²) in [5.74, 6) is -0.281. The van der Waals surface area contributed by atoms with Gasteiger partial charge in [0.1, 0.15) is 0 Å². The molecule has 1 aliphatic heterocycles. The van der Waals surface area contributed by atoms with E-state index in [2.05, 4.69) is 44.7 Å². The average molecular weight is 330 g/mol. The summed E-state index contributed by atoms with van der Waals surface area (Å²) < 4.78 is 5.79. The molecule has 1 unspecified atom stereocenters.